The van der Waals surface area contributed by atoms with E-state index in [9.17, 15) is 13.4 Å². The van der Waals surface area contributed by atoms with Crippen LogP contribution in [0.4, 0.5) is 14.9 Å². The summed E-state index contributed by atoms with van der Waals surface area (Å²) in [5.41, 5.74) is 4.41. The van der Waals surface area contributed by atoms with Crippen LogP contribution in [0.2, 0.25) is 0 Å². The Hall–Kier alpha value is -2.39. The lowest BCUT2D eigenvalue weighted by Gasteiger charge is -2.17. The second-order valence-corrected chi connectivity index (χ2v) is 9.95. The molecule has 1 aromatic carbocycles. The van der Waals surface area contributed by atoms with Gasteiger partial charge in [0.1, 0.15) is 5.82 Å². The number of halogens is 1. The van der Waals surface area contributed by atoms with Gasteiger partial charge in [-0.1, -0.05) is 13.8 Å². The maximum absolute atomic E-state index is 14.8. The first-order valence-electron chi connectivity index (χ1n) is 10.3. The number of amides is 2. The molecule has 2 amide bonds. The van der Waals surface area contributed by atoms with E-state index in [1.54, 1.807) is 0 Å². The number of nitrogens with one attached hydrogen (secondary N) is 4. The van der Waals surface area contributed by atoms with Crippen LogP contribution >= 0.6 is 0 Å². The van der Waals surface area contributed by atoms with Gasteiger partial charge in [-0.15, -0.1) is 0 Å². The highest BCUT2D eigenvalue weighted by molar-refractivity contribution is 7.91. The van der Waals surface area contributed by atoms with Gasteiger partial charge in [-0.3, -0.25) is 0 Å². The fourth-order valence-electron chi connectivity index (χ4n) is 4.28. The fraction of sp³-hybridized carbons (Fsp3) is 0.476. The third-order valence-electron chi connectivity index (χ3n) is 5.67. The molecule has 0 saturated carbocycles. The lowest BCUT2D eigenvalue weighted by Crippen LogP contribution is -2.34. The molecule has 0 radical (unpaired) electrons. The maximum atomic E-state index is 14.8. The molecule has 7 nitrogen and oxygen atoms in total. The van der Waals surface area contributed by atoms with Gasteiger partial charge in [-0.05, 0) is 60.8 Å². The minimum atomic E-state index is -3.66. The van der Waals surface area contributed by atoms with Gasteiger partial charge in [0.25, 0.3) is 0 Å². The molecule has 0 saturated heterocycles. The number of furan rings is 1. The topological polar surface area (TPSA) is 107 Å². The molecule has 9 heteroatoms. The zero-order valence-corrected chi connectivity index (χ0v) is 18.0. The highest BCUT2D eigenvalue weighted by Crippen LogP contribution is 2.40. The van der Waals surface area contributed by atoms with Crippen molar-refractivity contribution < 1.29 is 17.8 Å². The first-order valence-corrected chi connectivity index (χ1v) is 11.9. The van der Waals surface area contributed by atoms with Crippen LogP contribution in [0.5, 0.6) is 0 Å². The molecule has 1 atom stereocenters. The average Bonchev–Trinajstić information content (AvgIpc) is 3.43. The third-order valence-corrected chi connectivity index (χ3v) is 6.93. The summed E-state index contributed by atoms with van der Waals surface area (Å²) < 4.78 is 43.2. The first kappa shape index (κ1) is 20.9. The Morgan fingerprint density at radius 3 is 2.37 bits per heavy atom. The molecule has 30 heavy (non-hydrogen) atoms. The molecular formula is C21H27FN4O3S. The van der Waals surface area contributed by atoms with E-state index in [-0.39, 0.29) is 17.0 Å². The van der Waals surface area contributed by atoms with Gasteiger partial charge in [-0.25, -0.2) is 22.9 Å². The Morgan fingerprint density at radius 2 is 1.77 bits per heavy atom. The molecule has 1 aromatic heterocycles. The number of hydrogen-bond acceptors (Lipinski definition) is 5. The van der Waals surface area contributed by atoms with Gasteiger partial charge < -0.3 is 15.1 Å². The smallest absolute Gasteiger partial charge is 0.332 e. The van der Waals surface area contributed by atoms with Crippen molar-refractivity contribution in [1.82, 2.24) is 10.0 Å². The van der Waals surface area contributed by atoms with Crippen molar-refractivity contribution in [2.24, 2.45) is 0 Å². The lowest BCUT2D eigenvalue weighted by molar-refractivity contribution is 0.256. The number of carbonyl (C=O) groups is 1. The monoisotopic (exact) mass is 434 g/mol. The molecule has 1 heterocycles. The Kier molecular flexibility index (Phi) is 5.59. The van der Waals surface area contributed by atoms with Crippen LogP contribution in [-0.4, -0.2) is 16.3 Å². The maximum Gasteiger partial charge on any atom is 0.332 e. The van der Waals surface area contributed by atoms with Crippen molar-refractivity contribution in [1.29, 1.82) is 4.78 Å². The molecule has 2 aliphatic rings. The molecular weight excluding hydrogens is 407 g/mol. The summed E-state index contributed by atoms with van der Waals surface area (Å²) in [5.74, 6) is -0.122. The summed E-state index contributed by atoms with van der Waals surface area (Å²) >= 11 is 0. The molecule has 0 spiro atoms. The van der Waals surface area contributed by atoms with E-state index in [0.717, 1.165) is 29.5 Å². The van der Waals surface area contributed by atoms with Crippen LogP contribution in [0, 0.1) is 10.6 Å². The molecule has 4 N–H and O–H groups in total. The number of fused-ring (bicyclic) bond motifs is 2. The molecule has 0 bridgehead atoms. The van der Waals surface area contributed by atoms with Gasteiger partial charge in [0.2, 0.25) is 5.09 Å². The average molecular weight is 435 g/mol. The predicted octanol–water partition coefficient (Wildman–Crippen LogP) is 4.04. The number of urea groups is 1. The van der Waals surface area contributed by atoms with Crippen molar-refractivity contribution in [3.8, 4) is 0 Å². The van der Waals surface area contributed by atoms with Gasteiger partial charge >= 0.3 is 6.03 Å². The van der Waals surface area contributed by atoms with Gasteiger partial charge in [0.15, 0.2) is 9.92 Å². The van der Waals surface area contributed by atoms with Gasteiger partial charge in [0, 0.05) is 29.9 Å². The number of hydrogen-bond donors (Lipinski definition) is 4. The summed E-state index contributed by atoms with van der Waals surface area (Å²) in [5, 5.41) is 5.88. The molecule has 0 fully saturated rings. The Morgan fingerprint density at radius 1 is 1.17 bits per heavy atom. The van der Waals surface area contributed by atoms with Crippen LogP contribution in [0.3, 0.4) is 0 Å². The minimum Gasteiger partial charge on any atom is -0.452 e. The van der Waals surface area contributed by atoms with E-state index < -0.39 is 15.9 Å². The third kappa shape index (κ3) is 3.96. The van der Waals surface area contributed by atoms with E-state index >= 15 is 0 Å². The molecule has 2 aliphatic carbocycles. The van der Waals surface area contributed by atoms with Gasteiger partial charge in [0.05, 0.1) is 6.26 Å². The van der Waals surface area contributed by atoms with E-state index in [1.165, 1.54) is 12.3 Å². The predicted molar refractivity (Wildman–Crippen MR) is 112 cm³/mol. The van der Waals surface area contributed by atoms with Crippen molar-refractivity contribution >= 4 is 21.6 Å². The van der Waals surface area contributed by atoms with Crippen molar-refractivity contribution in [2.45, 2.75) is 70.1 Å². The van der Waals surface area contributed by atoms with Crippen molar-refractivity contribution in [2.75, 3.05) is 5.32 Å². The normalized spacial score (nSPS) is 16.9. The SMILES string of the molecule is CC(C)NCc1coc(S(=N)(=O)NC(=O)Nc2c3c(c(F)c4c2CCC4)CCC3)c1. The standard InChI is InChI=1S/C21H27FN4O3S/c1-12(2)24-10-13-9-18(29-11-13)30(23,28)26-21(27)25-20-16-7-3-5-14(16)19(22)15-6-4-8-17(15)20/h9,11-12,24H,3-8,10H2,1-2H3,(H3,23,25,26,27,28). The number of anilines is 1. The Balaban J connectivity index is 1.52. The van der Waals surface area contributed by atoms with Crippen LogP contribution < -0.4 is 15.4 Å². The van der Waals surface area contributed by atoms with Crippen LogP contribution in [-0.2, 0) is 42.1 Å². The second-order valence-electron chi connectivity index (χ2n) is 8.23. The highest BCUT2D eigenvalue weighted by Gasteiger charge is 2.30. The van der Waals surface area contributed by atoms with E-state index in [2.05, 4.69) is 15.4 Å². The van der Waals surface area contributed by atoms with E-state index in [4.69, 9.17) is 9.20 Å². The lowest BCUT2D eigenvalue weighted by atomic mass is 9.98. The fourth-order valence-corrected chi connectivity index (χ4v) is 5.19. The zero-order chi connectivity index (χ0) is 21.5. The van der Waals surface area contributed by atoms with Crippen LogP contribution in [0.25, 0.3) is 0 Å². The van der Waals surface area contributed by atoms with Crippen molar-refractivity contribution in [3.63, 3.8) is 0 Å². The summed E-state index contributed by atoms with van der Waals surface area (Å²) in [7, 11) is -3.66. The summed E-state index contributed by atoms with van der Waals surface area (Å²) in [6.07, 6.45) is 5.86. The molecule has 1 unspecified atom stereocenters. The molecule has 2 aromatic rings. The highest BCUT2D eigenvalue weighted by atomic mass is 32.2. The van der Waals surface area contributed by atoms with Crippen LogP contribution in [0.15, 0.2) is 21.8 Å². The second kappa shape index (κ2) is 8.03. The Labute approximate surface area is 175 Å². The largest absolute Gasteiger partial charge is 0.452 e. The molecule has 4 rings (SSSR count). The minimum absolute atomic E-state index is 0.104. The number of rotatable bonds is 6. The summed E-state index contributed by atoms with van der Waals surface area (Å²) in [6, 6.07) is 1.04. The summed E-state index contributed by atoms with van der Waals surface area (Å²) in [4.78, 5) is 12.6. The summed E-state index contributed by atoms with van der Waals surface area (Å²) in [6.45, 7) is 4.52. The Bertz CT molecular complexity index is 1060. The van der Waals surface area contributed by atoms with E-state index in [1.807, 2.05) is 13.8 Å². The zero-order valence-electron chi connectivity index (χ0n) is 17.2. The van der Waals surface area contributed by atoms with E-state index in [0.29, 0.717) is 49.0 Å². The molecule has 0 aliphatic heterocycles. The number of carbonyl (C=O) groups excluding carboxylic acids is 1. The first-order chi connectivity index (χ1) is 14.3. The van der Waals surface area contributed by atoms with Crippen molar-refractivity contribution in [3.05, 3.63) is 46.0 Å². The number of benzene rings is 1. The molecule has 162 valence electrons. The van der Waals surface area contributed by atoms with Crippen LogP contribution in [0.1, 0.15) is 54.5 Å². The van der Waals surface area contributed by atoms with Gasteiger partial charge in [-0.2, -0.15) is 0 Å². The quantitative estimate of drug-likeness (QED) is 0.550.